The minimum Gasteiger partial charge on any atom is -0.359 e. The Kier molecular flexibility index (Phi) is 6.83. The summed E-state index contributed by atoms with van der Waals surface area (Å²) in [6.45, 7) is 7.30. The van der Waals surface area contributed by atoms with Crippen molar-refractivity contribution in [1.82, 2.24) is 0 Å². The molecule has 0 unspecified atom stereocenters. The molecule has 0 aliphatic rings. The maximum atomic E-state index is 13.6. The van der Waals surface area contributed by atoms with Crippen molar-refractivity contribution in [3.63, 3.8) is 0 Å². The summed E-state index contributed by atoms with van der Waals surface area (Å²) in [5.41, 5.74) is 3.06. The van der Waals surface area contributed by atoms with E-state index in [0.29, 0.717) is 12.1 Å². The Morgan fingerprint density at radius 2 is 1.63 bits per heavy atom. The number of aryl methyl sites for hydroxylation is 2. The third-order valence-electron chi connectivity index (χ3n) is 4.31. The van der Waals surface area contributed by atoms with Crippen LogP contribution < -0.4 is 5.32 Å². The lowest BCUT2D eigenvalue weighted by Gasteiger charge is -2.16. The van der Waals surface area contributed by atoms with Crippen LogP contribution in [0, 0.1) is 13.8 Å². The van der Waals surface area contributed by atoms with Gasteiger partial charge >= 0.3 is 6.18 Å². The minimum absolute atomic E-state index is 0.395. The van der Waals surface area contributed by atoms with Crippen molar-refractivity contribution in [2.24, 2.45) is 4.99 Å². The normalized spacial score (nSPS) is 14.2. The average molecular weight is 374 g/mol. The number of anilines is 1. The van der Waals surface area contributed by atoms with Crippen LogP contribution in [0.2, 0.25) is 0 Å². The SMILES string of the molecule is CC[C@@H](N=C(C=C(C)Nc1c(C)cccc1C)C(F)(F)F)c1ccccc1. The zero-order chi connectivity index (χ0) is 20.0. The first kappa shape index (κ1) is 20.7. The van der Waals surface area contributed by atoms with Gasteiger partial charge in [0.15, 0.2) is 0 Å². The van der Waals surface area contributed by atoms with Gasteiger partial charge in [-0.05, 0) is 50.0 Å². The molecule has 2 rings (SSSR count). The van der Waals surface area contributed by atoms with Crippen LogP contribution in [0.15, 0.2) is 65.3 Å². The maximum absolute atomic E-state index is 13.6. The Bertz CT molecular complexity index is 801. The van der Waals surface area contributed by atoms with Gasteiger partial charge in [-0.2, -0.15) is 13.2 Å². The molecular formula is C22H25F3N2. The first-order valence-corrected chi connectivity index (χ1v) is 8.93. The molecule has 0 saturated carbocycles. The molecule has 2 aromatic carbocycles. The van der Waals surface area contributed by atoms with Gasteiger partial charge in [-0.25, -0.2) is 0 Å². The topological polar surface area (TPSA) is 24.4 Å². The number of hydrogen-bond acceptors (Lipinski definition) is 2. The second-order valence-electron chi connectivity index (χ2n) is 6.57. The van der Waals surface area contributed by atoms with Crippen molar-refractivity contribution >= 4 is 11.4 Å². The fourth-order valence-electron chi connectivity index (χ4n) is 2.89. The highest BCUT2D eigenvalue weighted by Gasteiger charge is 2.35. The van der Waals surface area contributed by atoms with Crippen molar-refractivity contribution in [3.8, 4) is 0 Å². The molecule has 1 atom stereocenters. The fourth-order valence-corrected chi connectivity index (χ4v) is 2.89. The number of rotatable bonds is 6. The number of halogens is 3. The molecule has 0 amide bonds. The van der Waals surface area contributed by atoms with E-state index in [0.717, 1.165) is 28.5 Å². The third kappa shape index (κ3) is 5.71. The predicted octanol–water partition coefficient (Wildman–Crippen LogP) is 6.77. The molecule has 27 heavy (non-hydrogen) atoms. The molecule has 2 aromatic rings. The summed E-state index contributed by atoms with van der Waals surface area (Å²) in [5, 5.41) is 3.09. The number of nitrogens with zero attached hydrogens (tertiary/aromatic N) is 1. The Morgan fingerprint density at radius 1 is 1.04 bits per heavy atom. The molecule has 0 aromatic heterocycles. The summed E-state index contributed by atoms with van der Waals surface area (Å²) in [4.78, 5) is 4.04. The van der Waals surface area contributed by atoms with E-state index in [1.807, 2.05) is 57.2 Å². The Balaban J connectivity index is 2.37. The molecule has 0 aliphatic carbocycles. The van der Waals surface area contributed by atoms with Gasteiger partial charge in [0.1, 0.15) is 5.71 Å². The molecule has 0 aliphatic heterocycles. The number of para-hydroxylation sites is 1. The molecule has 0 radical (unpaired) electrons. The maximum Gasteiger partial charge on any atom is 0.432 e. The summed E-state index contributed by atoms with van der Waals surface area (Å²) >= 11 is 0. The van der Waals surface area contributed by atoms with E-state index in [1.165, 1.54) is 0 Å². The Morgan fingerprint density at radius 3 is 2.15 bits per heavy atom. The second kappa shape index (κ2) is 8.89. The lowest BCUT2D eigenvalue weighted by atomic mass is 10.0. The predicted molar refractivity (Wildman–Crippen MR) is 106 cm³/mol. The quantitative estimate of drug-likeness (QED) is 0.554. The van der Waals surface area contributed by atoms with E-state index >= 15 is 0 Å². The van der Waals surface area contributed by atoms with Gasteiger partial charge in [0, 0.05) is 11.4 Å². The third-order valence-corrected chi connectivity index (χ3v) is 4.31. The van der Waals surface area contributed by atoms with Gasteiger partial charge < -0.3 is 5.32 Å². The van der Waals surface area contributed by atoms with Crippen molar-refractivity contribution in [1.29, 1.82) is 0 Å². The second-order valence-corrected chi connectivity index (χ2v) is 6.57. The van der Waals surface area contributed by atoms with Crippen LogP contribution in [-0.4, -0.2) is 11.9 Å². The highest BCUT2D eigenvalue weighted by Crippen LogP contribution is 2.27. The van der Waals surface area contributed by atoms with Gasteiger partial charge in [0.25, 0.3) is 0 Å². The highest BCUT2D eigenvalue weighted by molar-refractivity contribution is 6.00. The van der Waals surface area contributed by atoms with E-state index in [9.17, 15) is 13.2 Å². The molecule has 144 valence electrons. The van der Waals surface area contributed by atoms with Crippen molar-refractivity contribution in [2.45, 2.75) is 46.3 Å². The Labute approximate surface area is 158 Å². The summed E-state index contributed by atoms with van der Waals surface area (Å²) in [7, 11) is 0. The lowest BCUT2D eigenvalue weighted by molar-refractivity contribution is -0.0581. The number of aliphatic imine (C=N–C) groups is 1. The van der Waals surface area contributed by atoms with E-state index in [2.05, 4.69) is 10.3 Å². The van der Waals surface area contributed by atoms with E-state index in [-0.39, 0.29) is 0 Å². The molecule has 0 saturated heterocycles. The van der Waals surface area contributed by atoms with Crippen LogP contribution in [-0.2, 0) is 0 Å². The zero-order valence-electron chi connectivity index (χ0n) is 16.1. The van der Waals surface area contributed by atoms with Gasteiger partial charge in [-0.3, -0.25) is 4.99 Å². The number of hydrogen-bond donors (Lipinski definition) is 1. The number of allylic oxidation sites excluding steroid dienone is 2. The summed E-state index contributed by atoms with van der Waals surface area (Å²) < 4.78 is 40.8. The Hall–Kier alpha value is -2.56. The minimum atomic E-state index is -4.52. The first-order valence-electron chi connectivity index (χ1n) is 8.93. The van der Waals surface area contributed by atoms with Crippen LogP contribution in [0.25, 0.3) is 0 Å². The van der Waals surface area contributed by atoms with Crippen LogP contribution in [0.1, 0.15) is 43.0 Å². The van der Waals surface area contributed by atoms with E-state index < -0.39 is 17.9 Å². The molecule has 0 bridgehead atoms. The van der Waals surface area contributed by atoms with Crippen molar-refractivity contribution in [2.75, 3.05) is 5.32 Å². The zero-order valence-corrected chi connectivity index (χ0v) is 16.1. The molecule has 1 N–H and O–H groups in total. The standard InChI is InChI=1S/C22H25F3N2/c1-5-19(18-12-7-6-8-13-18)27-20(22(23,24)25)14-17(4)26-21-15(2)10-9-11-16(21)3/h6-14,19,26H,5H2,1-4H3/t19-/m1/s1. The molecule has 0 fully saturated rings. The van der Waals surface area contributed by atoms with Crippen LogP contribution in [0.5, 0.6) is 0 Å². The monoisotopic (exact) mass is 374 g/mol. The number of benzene rings is 2. The number of alkyl halides is 3. The average Bonchev–Trinajstić information content (AvgIpc) is 2.61. The van der Waals surface area contributed by atoms with Gasteiger partial charge in [0.05, 0.1) is 6.04 Å². The molecule has 5 heteroatoms. The summed E-state index contributed by atoms with van der Waals surface area (Å²) in [6.07, 6.45) is -2.95. The van der Waals surface area contributed by atoms with Gasteiger partial charge in [-0.15, -0.1) is 0 Å². The lowest BCUT2D eigenvalue weighted by Crippen LogP contribution is -2.23. The largest absolute Gasteiger partial charge is 0.432 e. The fraction of sp³-hybridized carbons (Fsp3) is 0.318. The van der Waals surface area contributed by atoms with Crippen LogP contribution >= 0.6 is 0 Å². The smallest absolute Gasteiger partial charge is 0.359 e. The molecular weight excluding hydrogens is 349 g/mol. The summed E-state index contributed by atoms with van der Waals surface area (Å²) in [5.74, 6) is 0. The number of nitrogens with one attached hydrogen (secondary N) is 1. The molecule has 2 nitrogen and oxygen atoms in total. The van der Waals surface area contributed by atoms with Crippen molar-refractivity contribution in [3.05, 3.63) is 77.0 Å². The van der Waals surface area contributed by atoms with Crippen molar-refractivity contribution < 1.29 is 13.2 Å². The summed E-state index contributed by atoms with van der Waals surface area (Å²) in [6, 6.07) is 14.3. The first-order chi connectivity index (χ1) is 12.7. The van der Waals surface area contributed by atoms with E-state index in [1.54, 1.807) is 19.1 Å². The molecule has 0 spiro atoms. The molecule has 0 heterocycles. The highest BCUT2D eigenvalue weighted by atomic mass is 19.4. The van der Waals surface area contributed by atoms with Crippen LogP contribution in [0.3, 0.4) is 0 Å². The van der Waals surface area contributed by atoms with Gasteiger partial charge in [-0.1, -0.05) is 55.5 Å². The van der Waals surface area contributed by atoms with Crippen LogP contribution in [0.4, 0.5) is 18.9 Å². The van der Waals surface area contributed by atoms with Gasteiger partial charge in [0.2, 0.25) is 0 Å². The van der Waals surface area contributed by atoms with E-state index in [4.69, 9.17) is 0 Å².